The lowest BCUT2D eigenvalue weighted by atomic mass is 10.2. The van der Waals surface area contributed by atoms with Gasteiger partial charge in [0.2, 0.25) is 5.91 Å². The Morgan fingerprint density at radius 3 is 2.52 bits per heavy atom. The molecular formula is C22H32N4O2S. The second-order valence-electron chi connectivity index (χ2n) is 7.59. The number of thioether (sulfide) groups is 1. The summed E-state index contributed by atoms with van der Waals surface area (Å²) in [7, 11) is 0. The number of para-hydroxylation sites is 1. The van der Waals surface area contributed by atoms with Crippen LogP contribution in [0.15, 0.2) is 46.9 Å². The fourth-order valence-corrected chi connectivity index (χ4v) is 4.25. The van der Waals surface area contributed by atoms with E-state index in [0.29, 0.717) is 41.2 Å². The second kappa shape index (κ2) is 10.6. The van der Waals surface area contributed by atoms with Gasteiger partial charge in [-0.1, -0.05) is 30.0 Å². The molecule has 1 aromatic carbocycles. The van der Waals surface area contributed by atoms with Crippen LogP contribution in [-0.2, 0) is 11.3 Å². The normalized spacial score (nSPS) is 12.7. The zero-order valence-corrected chi connectivity index (χ0v) is 18.8. The van der Waals surface area contributed by atoms with Crippen molar-refractivity contribution in [3.63, 3.8) is 0 Å². The van der Waals surface area contributed by atoms with E-state index in [1.54, 1.807) is 16.7 Å². The van der Waals surface area contributed by atoms with Gasteiger partial charge < -0.3 is 5.32 Å². The molecule has 1 atom stereocenters. The summed E-state index contributed by atoms with van der Waals surface area (Å²) in [5, 5.41) is 3.60. The third kappa shape index (κ3) is 5.93. The zero-order chi connectivity index (χ0) is 21.6. The molecule has 1 aromatic heterocycles. The van der Waals surface area contributed by atoms with E-state index < -0.39 is 0 Å². The highest BCUT2D eigenvalue weighted by atomic mass is 32.2. The Balaban J connectivity index is 2.39. The van der Waals surface area contributed by atoms with Crippen molar-refractivity contribution >= 4 is 28.6 Å². The number of aromatic nitrogens is 2. The molecule has 0 spiro atoms. The SMILES string of the molecule is C=CCNC(=O)[C@@H](C)Sc1nc2ccccc2c(=O)n1CCN(C(C)C)C(C)C. The fraction of sp³-hybridized carbons (Fsp3) is 0.500. The predicted molar refractivity (Wildman–Crippen MR) is 122 cm³/mol. The molecule has 0 saturated carbocycles. The third-order valence-electron chi connectivity index (χ3n) is 4.81. The van der Waals surface area contributed by atoms with E-state index in [0.717, 1.165) is 6.54 Å². The van der Waals surface area contributed by atoms with E-state index in [2.05, 4.69) is 44.5 Å². The van der Waals surface area contributed by atoms with Crippen molar-refractivity contribution in [3.05, 3.63) is 47.3 Å². The van der Waals surface area contributed by atoms with Crippen LogP contribution >= 0.6 is 11.8 Å². The standard InChI is InChI=1S/C22H32N4O2S/c1-7-12-23-20(27)17(6)29-22-24-19-11-9-8-10-18(19)21(28)26(22)14-13-25(15(2)3)16(4)5/h7-11,15-17H,1,12-14H2,2-6H3,(H,23,27)/t17-/m1/s1. The van der Waals surface area contributed by atoms with Gasteiger partial charge in [0.1, 0.15) is 0 Å². The maximum Gasteiger partial charge on any atom is 0.262 e. The van der Waals surface area contributed by atoms with Crippen LogP contribution in [0.4, 0.5) is 0 Å². The van der Waals surface area contributed by atoms with Gasteiger partial charge in [-0.2, -0.15) is 0 Å². The van der Waals surface area contributed by atoms with E-state index in [9.17, 15) is 9.59 Å². The maximum atomic E-state index is 13.2. The Morgan fingerprint density at radius 1 is 1.24 bits per heavy atom. The van der Waals surface area contributed by atoms with Crippen molar-refractivity contribution in [2.75, 3.05) is 13.1 Å². The quantitative estimate of drug-likeness (QED) is 0.366. The number of hydrogen-bond donors (Lipinski definition) is 1. The molecular weight excluding hydrogens is 384 g/mol. The number of carbonyl (C=O) groups is 1. The van der Waals surface area contributed by atoms with Crippen LogP contribution in [0.5, 0.6) is 0 Å². The topological polar surface area (TPSA) is 67.2 Å². The molecule has 29 heavy (non-hydrogen) atoms. The van der Waals surface area contributed by atoms with Gasteiger partial charge in [-0.25, -0.2) is 4.98 Å². The first-order valence-electron chi connectivity index (χ1n) is 10.1. The van der Waals surface area contributed by atoms with Gasteiger partial charge in [0.05, 0.1) is 16.2 Å². The van der Waals surface area contributed by atoms with Gasteiger partial charge in [0.25, 0.3) is 5.56 Å². The minimum Gasteiger partial charge on any atom is -0.352 e. The number of rotatable bonds is 10. The van der Waals surface area contributed by atoms with Crippen LogP contribution in [0.1, 0.15) is 34.6 Å². The van der Waals surface area contributed by atoms with Crippen molar-refractivity contribution in [3.8, 4) is 0 Å². The Hall–Kier alpha value is -2.12. The van der Waals surface area contributed by atoms with Gasteiger partial charge in [0.15, 0.2) is 5.16 Å². The van der Waals surface area contributed by atoms with Crippen LogP contribution in [0.25, 0.3) is 10.9 Å². The van der Waals surface area contributed by atoms with Crippen molar-refractivity contribution in [1.29, 1.82) is 0 Å². The van der Waals surface area contributed by atoms with E-state index in [4.69, 9.17) is 4.98 Å². The maximum absolute atomic E-state index is 13.2. The minimum absolute atomic E-state index is 0.0655. The summed E-state index contributed by atoms with van der Waals surface area (Å²) in [4.78, 5) is 32.6. The van der Waals surface area contributed by atoms with Crippen LogP contribution in [-0.4, -0.2) is 50.8 Å². The highest BCUT2D eigenvalue weighted by molar-refractivity contribution is 8.00. The molecule has 0 radical (unpaired) electrons. The van der Waals surface area contributed by atoms with E-state index in [-0.39, 0.29) is 16.7 Å². The first-order chi connectivity index (χ1) is 13.8. The Labute approximate surface area is 177 Å². The number of hydrogen-bond acceptors (Lipinski definition) is 5. The Kier molecular flexibility index (Phi) is 8.46. The van der Waals surface area contributed by atoms with Crippen LogP contribution in [0, 0.1) is 0 Å². The number of nitrogens with one attached hydrogen (secondary N) is 1. The molecule has 0 saturated heterocycles. The highest BCUT2D eigenvalue weighted by Gasteiger charge is 2.20. The number of carbonyl (C=O) groups excluding carboxylic acids is 1. The van der Waals surface area contributed by atoms with Crippen LogP contribution < -0.4 is 10.9 Å². The molecule has 6 nitrogen and oxygen atoms in total. The molecule has 0 fully saturated rings. The van der Waals surface area contributed by atoms with Gasteiger partial charge in [-0.3, -0.25) is 19.1 Å². The first-order valence-corrected chi connectivity index (χ1v) is 10.9. The molecule has 1 heterocycles. The molecule has 2 rings (SSSR count). The summed E-state index contributed by atoms with van der Waals surface area (Å²) in [6, 6.07) is 8.11. The van der Waals surface area contributed by atoms with Gasteiger partial charge in [-0.15, -0.1) is 6.58 Å². The molecule has 0 bridgehead atoms. The second-order valence-corrected chi connectivity index (χ2v) is 8.90. The number of amides is 1. The van der Waals surface area contributed by atoms with Crippen molar-refractivity contribution < 1.29 is 4.79 Å². The number of nitrogens with zero attached hydrogens (tertiary/aromatic N) is 3. The van der Waals surface area contributed by atoms with Gasteiger partial charge >= 0.3 is 0 Å². The molecule has 1 N–H and O–H groups in total. The molecule has 1 amide bonds. The third-order valence-corrected chi connectivity index (χ3v) is 5.90. The van der Waals surface area contributed by atoms with Crippen molar-refractivity contribution in [2.24, 2.45) is 0 Å². The lowest BCUT2D eigenvalue weighted by Crippen LogP contribution is -2.41. The largest absolute Gasteiger partial charge is 0.352 e. The van der Waals surface area contributed by atoms with E-state index in [1.165, 1.54) is 11.8 Å². The summed E-state index contributed by atoms with van der Waals surface area (Å²) in [5.74, 6) is -0.102. The monoisotopic (exact) mass is 416 g/mol. The highest BCUT2D eigenvalue weighted by Crippen LogP contribution is 2.23. The van der Waals surface area contributed by atoms with E-state index >= 15 is 0 Å². The lowest BCUT2D eigenvalue weighted by Gasteiger charge is -2.31. The average molecular weight is 417 g/mol. The van der Waals surface area contributed by atoms with Crippen molar-refractivity contribution in [1.82, 2.24) is 19.8 Å². The first kappa shape index (κ1) is 23.2. The molecule has 0 aliphatic heterocycles. The Morgan fingerprint density at radius 2 is 1.90 bits per heavy atom. The average Bonchev–Trinajstić information content (AvgIpc) is 2.67. The van der Waals surface area contributed by atoms with Crippen LogP contribution in [0.3, 0.4) is 0 Å². The minimum atomic E-state index is -0.374. The van der Waals surface area contributed by atoms with Gasteiger partial charge in [-0.05, 0) is 46.8 Å². The Bertz CT molecular complexity index is 899. The number of benzene rings is 1. The molecule has 158 valence electrons. The van der Waals surface area contributed by atoms with Crippen molar-refractivity contribution in [2.45, 2.75) is 63.7 Å². The predicted octanol–water partition coefficient (Wildman–Crippen LogP) is 3.30. The zero-order valence-electron chi connectivity index (χ0n) is 18.0. The number of fused-ring (bicyclic) bond motifs is 1. The smallest absolute Gasteiger partial charge is 0.262 e. The molecule has 7 heteroatoms. The van der Waals surface area contributed by atoms with Crippen LogP contribution in [0.2, 0.25) is 0 Å². The molecule has 2 aromatic rings. The molecule has 0 aliphatic carbocycles. The fourth-order valence-electron chi connectivity index (χ4n) is 3.29. The molecule has 0 aliphatic rings. The summed E-state index contributed by atoms with van der Waals surface area (Å²) in [5.41, 5.74) is 0.587. The lowest BCUT2D eigenvalue weighted by molar-refractivity contribution is -0.120. The van der Waals surface area contributed by atoms with E-state index in [1.807, 2.05) is 25.1 Å². The molecule has 0 unspecified atom stereocenters. The summed E-state index contributed by atoms with van der Waals surface area (Å²) in [6.45, 7) is 15.7. The van der Waals surface area contributed by atoms with Gasteiger partial charge in [0, 0.05) is 31.7 Å². The summed E-state index contributed by atoms with van der Waals surface area (Å²) >= 11 is 1.31. The summed E-state index contributed by atoms with van der Waals surface area (Å²) < 4.78 is 1.71. The summed E-state index contributed by atoms with van der Waals surface area (Å²) in [6.07, 6.45) is 1.64.